The van der Waals surface area contributed by atoms with Crippen molar-refractivity contribution >= 4 is 10.9 Å². The van der Waals surface area contributed by atoms with E-state index in [-0.39, 0.29) is 0 Å². The van der Waals surface area contributed by atoms with Gasteiger partial charge in [0.2, 0.25) is 0 Å². The summed E-state index contributed by atoms with van der Waals surface area (Å²) >= 11 is 0. The van der Waals surface area contributed by atoms with Crippen molar-refractivity contribution in [3.8, 4) is 11.3 Å². The molecule has 0 bridgehead atoms. The Morgan fingerprint density at radius 3 is 3.00 bits per heavy atom. The minimum Gasteiger partial charge on any atom is -0.360 e. The first-order valence-electron chi connectivity index (χ1n) is 5.69. The second-order valence-corrected chi connectivity index (χ2v) is 4.07. The Morgan fingerprint density at radius 2 is 2.12 bits per heavy atom. The number of aromatic nitrogens is 3. The zero-order chi connectivity index (χ0) is 11.7. The molecular formula is C13H14N4. The van der Waals surface area contributed by atoms with E-state index in [1.54, 1.807) is 0 Å². The van der Waals surface area contributed by atoms with Crippen LogP contribution in [0.2, 0.25) is 0 Å². The van der Waals surface area contributed by atoms with Crippen molar-refractivity contribution in [2.75, 3.05) is 6.54 Å². The van der Waals surface area contributed by atoms with E-state index in [9.17, 15) is 0 Å². The van der Waals surface area contributed by atoms with Gasteiger partial charge in [0.25, 0.3) is 0 Å². The van der Waals surface area contributed by atoms with Gasteiger partial charge >= 0.3 is 0 Å². The van der Waals surface area contributed by atoms with Crippen LogP contribution in [-0.4, -0.2) is 21.7 Å². The highest BCUT2D eigenvalue weighted by Gasteiger charge is 2.08. The summed E-state index contributed by atoms with van der Waals surface area (Å²) in [6.07, 6.45) is 2.82. The van der Waals surface area contributed by atoms with E-state index in [4.69, 9.17) is 5.73 Å². The molecule has 0 amide bonds. The Bertz CT molecular complexity index is 635. The molecule has 0 aliphatic rings. The van der Waals surface area contributed by atoms with Crippen molar-refractivity contribution < 1.29 is 0 Å². The first-order valence-corrected chi connectivity index (χ1v) is 5.69. The predicted octanol–water partition coefficient (Wildman–Crippen LogP) is 2.06. The summed E-state index contributed by atoms with van der Waals surface area (Å²) in [6.45, 7) is 0.634. The second-order valence-electron chi connectivity index (χ2n) is 4.07. The average molecular weight is 226 g/mol. The standard InChI is InChI=1S/C13H14N4/c14-6-5-9-7-13(17-16-9)11-8-15-12-4-2-1-3-10(11)12/h1-4,7-8,15H,5-6,14H2,(H,16,17). The molecule has 4 N–H and O–H groups in total. The molecule has 3 rings (SSSR count). The van der Waals surface area contributed by atoms with Crippen molar-refractivity contribution in [2.45, 2.75) is 6.42 Å². The Labute approximate surface area is 98.8 Å². The smallest absolute Gasteiger partial charge is 0.0944 e. The van der Waals surface area contributed by atoms with Gasteiger partial charge in [0.15, 0.2) is 0 Å². The summed E-state index contributed by atoms with van der Waals surface area (Å²) in [6, 6.07) is 10.3. The van der Waals surface area contributed by atoms with Gasteiger partial charge in [0.1, 0.15) is 0 Å². The van der Waals surface area contributed by atoms with Gasteiger partial charge in [-0.05, 0) is 18.7 Å². The van der Waals surface area contributed by atoms with Crippen molar-refractivity contribution in [1.29, 1.82) is 0 Å². The van der Waals surface area contributed by atoms with E-state index in [1.807, 2.05) is 18.3 Å². The van der Waals surface area contributed by atoms with Crippen LogP contribution in [0, 0.1) is 0 Å². The van der Waals surface area contributed by atoms with E-state index in [0.717, 1.165) is 28.9 Å². The zero-order valence-corrected chi connectivity index (χ0v) is 9.40. The third-order valence-corrected chi connectivity index (χ3v) is 2.91. The van der Waals surface area contributed by atoms with Gasteiger partial charge in [-0.1, -0.05) is 18.2 Å². The Hall–Kier alpha value is -2.07. The largest absolute Gasteiger partial charge is 0.360 e. The highest BCUT2D eigenvalue weighted by atomic mass is 15.1. The number of nitrogens with one attached hydrogen (secondary N) is 2. The van der Waals surface area contributed by atoms with Gasteiger partial charge in [-0.25, -0.2) is 0 Å². The minimum absolute atomic E-state index is 0.634. The van der Waals surface area contributed by atoms with Crippen LogP contribution in [0.4, 0.5) is 0 Å². The molecule has 3 aromatic rings. The number of benzene rings is 1. The number of nitrogens with zero attached hydrogens (tertiary/aromatic N) is 1. The van der Waals surface area contributed by atoms with Gasteiger partial charge in [0.05, 0.1) is 5.69 Å². The van der Waals surface area contributed by atoms with Gasteiger partial charge in [-0.15, -0.1) is 0 Å². The summed E-state index contributed by atoms with van der Waals surface area (Å²) in [5.74, 6) is 0. The van der Waals surface area contributed by atoms with Crippen molar-refractivity contribution in [1.82, 2.24) is 15.2 Å². The zero-order valence-electron chi connectivity index (χ0n) is 9.40. The van der Waals surface area contributed by atoms with Crippen LogP contribution < -0.4 is 5.73 Å². The highest BCUT2D eigenvalue weighted by Crippen LogP contribution is 2.27. The fourth-order valence-electron chi connectivity index (χ4n) is 2.07. The first-order chi connectivity index (χ1) is 8.38. The van der Waals surface area contributed by atoms with Crippen LogP contribution >= 0.6 is 0 Å². The van der Waals surface area contributed by atoms with Gasteiger partial charge in [0, 0.05) is 34.8 Å². The number of hydrogen-bond donors (Lipinski definition) is 3. The van der Waals surface area contributed by atoms with Crippen molar-refractivity contribution in [3.63, 3.8) is 0 Å². The average Bonchev–Trinajstić information content (AvgIpc) is 2.95. The van der Waals surface area contributed by atoms with Gasteiger partial charge < -0.3 is 10.7 Å². The van der Waals surface area contributed by atoms with E-state index >= 15 is 0 Å². The number of para-hydroxylation sites is 1. The molecule has 1 aromatic carbocycles. The van der Waals surface area contributed by atoms with Gasteiger partial charge in [-0.2, -0.15) is 5.10 Å². The van der Waals surface area contributed by atoms with E-state index in [2.05, 4.69) is 33.4 Å². The number of H-pyrrole nitrogens is 2. The minimum atomic E-state index is 0.634. The summed E-state index contributed by atoms with van der Waals surface area (Å²) in [4.78, 5) is 3.25. The molecule has 0 saturated heterocycles. The van der Waals surface area contributed by atoms with Gasteiger partial charge in [-0.3, -0.25) is 5.10 Å². The predicted molar refractivity (Wildman–Crippen MR) is 68.6 cm³/mol. The number of aromatic amines is 2. The SMILES string of the molecule is NCCc1cc(-c2c[nH]c3ccccc23)n[nH]1. The van der Waals surface area contributed by atoms with Crippen LogP contribution in [0.3, 0.4) is 0 Å². The molecular weight excluding hydrogens is 212 g/mol. The lowest BCUT2D eigenvalue weighted by Crippen LogP contribution is -2.02. The van der Waals surface area contributed by atoms with Crippen LogP contribution in [0.5, 0.6) is 0 Å². The van der Waals surface area contributed by atoms with Crippen LogP contribution in [-0.2, 0) is 6.42 Å². The topological polar surface area (TPSA) is 70.5 Å². The number of fused-ring (bicyclic) bond motifs is 1. The normalized spacial score (nSPS) is 11.1. The number of hydrogen-bond acceptors (Lipinski definition) is 2. The summed E-state index contributed by atoms with van der Waals surface area (Å²) in [5, 5.41) is 8.54. The Morgan fingerprint density at radius 1 is 1.24 bits per heavy atom. The molecule has 4 heteroatoms. The molecule has 0 unspecified atom stereocenters. The highest BCUT2D eigenvalue weighted by molar-refractivity contribution is 5.94. The fourth-order valence-corrected chi connectivity index (χ4v) is 2.07. The molecule has 86 valence electrons. The monoisotopic (exact) mass is 226 g/mol. The molecule has 0 saturated carbocycles. The summed E-state index contributed by atoms with van der Waals surface area (Å²) in [5.41, 5.74) is 9.82. The fraction of sp³-hybridized carbons (Fsp3) is 0.154. The third-order valence-electron chi connectivity index (χ3n) is 2.91. The Balaban J connectivity index is 2.07. The van der Waals surface area contributed by atoms with Crippen LogP contribution in [0.25, 0.3) is 22.2 Å². The van der Waals surface area contributed by atoms with Crippen LogP contribution in [0.15, 0.2) is 36.5 Å². The Kier molecular flexibility index (Phi) is 2.42. The summed E-state index contributed by atoms with van der Waals surface area (Å²) < 4.78 is 0. The molecule has 0 atom stereocenters. The lowest BCUT2D eigenvalue weighted by molar-refractivity contribution is 0.902. The van der Waals surface area contributed by atoms with E-state index < -0.39 is 0 Å². The first kappa shape index (κ1) is 10.1. The lowest BCUT2D eigenvalue weighted by Gasteiger charge is -1.92. The molecule has 2 aromatic heterocycles. The van der Waals surface area contributed by atoms with Crippen molar-refractivity contribution in [2.24, 2.45) is 5.73 Å². The quantitative estimate of drug-likeness (QED) is 0.639. The maximum absolute atomic E-state index is 5.53. The van der Waals surface area contributed by atoms with Crippen LogP contribution in [0.1, 0.15) is 5.69 Å². The molecule has 0 aliphatic heterocycles. The van der Waals surface area contributed by atoms with E-state index in [1.165, 1.54) is 5.39 Å². The second kappa shape index (κ2) is 4.07. The maximum atomic E-state index is 5.53. The lowest BCUT2D eigenvalue weighted by atomic mass is 10.1. The molecule has 17 heavy (non-hydrogen) atoms. The molecule has 2 heterocycles. The molecule has 0 fully saturated rings. The summed E-state index contributed by atoms with van der Waals surface area (Å²) in [7, 11) is 0. The molecule has 0 radical (unpaired) electrons. The van der Waals surface area contributed by atoms with E-state index in [0.29, 0.717) is 6.54 Å². The number of nitrogens with two attached hydrogens (primary N) is 1. The molecule has 0 spiro atoms. The molecule has 4 nitrogen and oxygen atoms in total. The third kappa shape index (κ3) is 1.72. The number of rotatable bonds is 3. The maximum Gasteiger partial charge on any atom is 0.0944 e. The van der Waals surface area contributed by atoms with Crippen molar-refractivity contribution in [3.05, 3.63) is 42.2 Å². The molecule has 0 aliphatic carbocycles.